The molecular weight excluding hydrogens is 252 g/mol. The fourth-order valence-electron chi connectivity index (χ4n) is 1.27. The van der Waals surface area contributed by atoms with Crippen molar-refractivity contribution in [3.8, 4) is 0 Å². The van der Waals surface area contributed by atoms with Gasteiger partial charge in [0.1, 0.15) is 5.82 Å². The van der Waals surface area contributed by atoms with Gasteiger partial charge in [-0.15, -0.1) is 10.2 Å². The fourth-order valence-corrected chi connectivity index (χ4v) is 2.34. The SMILES string of the molecule is CCCS(=O)(=O)Nc1ccc(NCC(C)C)nn1. The predicted molar refractivity (Wildman–Crippen MR) is 73.1 cm³/mol. The number of anilines is 2. The number of rotatable bonds is 7. The molecule has 1 rings (SSSR count). The molecule has 0 saturated carbocycles. The molecule has 2 N–H and O–H groups in total. The summed E-state index contributed by atoms with van der Waals surface area (Å²) in [6.07, 6.45) is 0.566. The maximum atomic E-state index is 11.5. The zero-order valence-corrected chi connectivity index (χ0v) is 11.8. The Morgan fingerprint density at radius 3 is 2.33 bits per heavy atom. The molecule has 0 aromatic carbocycles. The first-order valence-electron chi connectivity index (χ1n) is 6.01. The van der Waals surface area contributed by atoms with Crippen molar-refractivity contribution >= 4 is 21.7 Å². The monoisotopic (exact) mass is 272 g/mol. The Kier molecular flexibility index (Phi) is 5.33. The number of hydrogen-bond acceptors (Lipinski definition) is 5. The van der Waals surface area contributed by atoms with Crippen molar-refractivity contribution in [3.63, 3.8) is 0 Å². The lowest BCUT2D eigenvalue weighted by molar-refractivity contribution is 0.599. The van der Waals surface area contributed by atoms with Crippen molar-refractivity contribution in [3.05, 3.63) is 12.1 Å². The number of aromatic nitrogens is 2. The van der Waals surface area contributed by atoms with Crippen LogP contribution >= 0.6 is 0 Å². The highest BCUT2D eigenvalue weighted by molar-refractivity contribution is 7.92. The van der Waals surface area contributed by atoms with E-state index in [9.17, 15) is 8.42 Å². The van der Waals surface area contributed by atoms with Gasteiger partial charge in [-0.2, -0.15) is 0 Å². The van der Waals surface area contributed by atoms with E-state index < -0.39 is 10.0 Å². The van der Waals surface area contributed by atoms with Crippen LogP contribution in [0.25, 0.3) is 0 Å². The van der Waals surface area contributed by atoms with Gasteiger partial charge < -0.3 is 5.32 Å². The molecule has 0 radical (unpaired) electrons. The van der Waals surface area contributed by atoms with E-state index in [1.165, 1.54) is 0 Å². The summed E-state index contributed by atoms with van der Waals surface area (Å²) < 4.78 is 25.4. The van der Waals surface area contributed by atoms with E-state index in [1.54, 1.807) is 12.1 Å². The molecule has 0 spiro atoms. The van der Waals surface area contributed by atoms with E-state index in [0.29, 0.717) is 18.2 Å². The number of nitrogens with zero attached hydrogens (tertiary/aromatic N) is 2. The molecule has 18 heavy (non-hydrogen) atoms. The Morgan fingerprint density at radius 2 is 1.83 bits per heavy atom. The van der Waals surface area contributed by atoms with Crippen LogP contribution in [0, 0.1) is 5.92 Å². The average molecular weight is 272 g/mol. The molecule has 1 heterocycles. The molecule has 0 atom stereocenters. The van der Waals surface area contributed by atoms with Crippen LogP contribution in [0.1, 0.15) is 27.2 Å². The van der Waals surface area contributed by atoms with Gasteiger partial charge in [-0.25, -0.2) is 8.42 Å². The first kappa shape index (κ1) is 14.7. The zero-order valence-electron chi connectivity index (χ0n) is 11.0. The fraction of sp³-hybridized carbons (Fsp3) is 0.636. The summed E-state index contributed by atoms with van der Waals surface area (Å²) in [6, 6.07) is 3.31. The van der Waals surface area contributed by atoms with Crippen molar-refractivity contribution in [1.82, 2.24) is 10.2 Å². The van der Waals surface area contributed by atoms with Crippen LogP contribution in [0.15, 0.2) is 12.1 Å². The molecule has 0 aliphatic rings. The van der Waals surface area contributed by atoms with Gasteiger partial charge in [0.25, 0.3) is 0 Å². The lowest BCUT2D eigenvalue weighted by Gasteiger charge is -2.08. The number of hydrogen-bond donors (Lipinski definition) is 2. The minimum Gasteiger partial charge on any atom is -0.368 e. The maximum absolute atomic E-state index is 11.5. The molecule has 1 aromatic heterocycles. The second kappa shape index (κ2) is 6.53. The maximum Gasteiger partial charge on any atom is 0.233 e. The topological polar surface area (TPSA) is 84.0 Å². The first-order chi connectivity index (χ1) is 8.43. The van der Waals surface area contributed by atoms with Crippen molar-refractivity contribution < 1.29 is 8.42 Å². The molecule has 0 bridgehead atoms. The second-order valence-electron chi connectivity index (χ2n) is 4.50. The van der Waals surface area contributed by atoms with Gasteiger partial charge in [0, 0.05) is 6.54 Å². The highest BCUT2D eigenvalue weighted by Crippen LogP contribution is 2.08. The minimum atomic E-state index is -3.30. The lowest BCUT2D eigenvalue weighted by atomic mass is 10.2. The Bertz CT molecular complexity index is 456. The standard InChI is InChI=1S/C11H20N4O2S/c1-4-7-18(16,17)15-11-6-5-10(13-14-11)12-8-9(2)3/h5-6,9H,4,7-8H2,1-3H3,(H,12,13)(H,14,15). The Labute approximate surface area is 108 Å². The second-order valence-corrected chi connectivity index (χ2v) is 6.34. The molecule has 1 aromatic rings. The van der Waals surface area contributed by atoms with E-state index >= 15 is 0 Å². The molecule has 7 heteroatoms. The van der Waals surface area contributed by atoms with Gasteiger partial charge >= 0.3 is 0 Å². The molecule has 0 fully saturated rings. The van der Waals surface area contributed by atoms with E-state index in [0.717, 1.165) is 6.54 Å². The minimum absolute atomic E-state index is 0.0853. The molecule has 6 nitrogen and oxygen atoms in total. The van der Waals surface area contributed by atoms with E-state index in [-0.39, 0.29) is 11.6 Å². The summed E-state index contributed by atoms with van der Waals surface area (Å²) in [6.45, 7) is 6.79. The number of nitrogens with one attached hydrogen (secondary N) is 2. The van der Waals surface area contributed by atoms with Crippen LogP contribution in [0.4, 0.5) is 11.6 Å². The van der Waals surface area contributed by atoms with E-state index in [4.69, 9.17) is 0 Å². The van der Waals surface area contributed by atoms with Crippen LogP contribution in [0.2, 0.25) is 0 Å². The van der Waals surface area contributed by atoms with Gasteiger partial charge in [0.15, 0.2) is 5.82 Å². The summed E-state index contributed by atoms with van der Waals surface area (Å²) in [5, 5.41) is 10.8. The molecular formula is C11H20N4O2S. The molecule has 0 amide bonds. The Hall–Kier alpha value is -1.37. The third-order valence-electron chi connectivity index (χ3n) is 2.09. The predicted octanol–water partition coefficient (Wildman–Crippen LogP) is 1.70. The van der Waals surface area contributed by atoms with Crippen LogP contribution in [0.5, 0.6) is 0 Å². The average Bonchev–Trinajstić information content (AvgIpc) is 2.27. The van der Waals surface area contributed by atoms with Gasteiger partial charge in [0.05, 0.1) is 5.75 Å². The summed E-state index contributed by atoms with van der Waals surface area (Å²) >= 11 is 0. The molecule has 102 valence electrons. The summed E-state index contributed by atoms with van der Waals surface area (Å²) in [4.78, 5) is 0. The highest BCUT2D eigenvalue weighted by Gasteiger charge is 2.09. The first-order valence-corrected chi connectivity index (χ1v) is 7.66. The third-order valence-corrected chi connectivity index (χ3v) is 3.55. The van der Waals surface area contributed by atoms with Crippen LogP contribution in [-0.2, 0) is 10.0 Å². The number of sulfonamides is 1. The van der Waals surface area contributed by atoms with Crippen molar-refractivity contribution in [1.29, 1.82) is 0 Å². The molecule has 0 unspecified atom stereocenters. The molecule has 0 saturated heterocycles. The molecule has 0 aliphatic heterocycles. The molecule has 0 aliphatic carbocycles. The Morgan fingerprint density at radius 1 is 1.22 bits per heavy atom. The van der Waals surface area contributed by atoms with Gasteiger partial charge in [-0.05, 0) is 24.5 Å². The quantitative estimate of drug-likeness (QED) is 0.789. The van der Waals surface area contributed by atoms with Crippen LogP contribution in [-0.4, -0.2) is 30.9 Å². The normalized spacial score (nSPS) is 11.6. The third kappa shape index (κ3) is 5.31. The van der Waals surface area contributed by atoms with Gasteiger partial charge in [-0.1, -0.05) is 20.8 Å². The van der Waals surface area contributed by atoms with Gasteiger partial charge in [-0.3, -0.25) is 4.72 Å². The van der Waals surface area contributed by atoms with Crippen molar-refractivity contribution in [2.45, 2.75) is 27.2 Å². The van der Waals surface area contributed by atoms with Gasteiger partial charge in [0.2, 0.25) is 10.0 Å². The zero-order chi connectivity index (χ0) is 13.6. The van der Waals surface area contributed by atoms with E-state index in [1.807, 2.05) is 6.92 Å². The van der Waals surface area contributed by atoms with E-state index in [2.05, 4.69) is 34.1 Å². The Balaban J connectivity index is 2.60. The smallest absolute Gasteiger partial charge is 0.233 e. The highest BCUT2D eigenvalue weighted by atomic mass is 32.2. The summed E-state index contributed by atoms with van der Waals surface area (Å²) in [7, 11) is -3.30. The van der Waals surface area contributed by atoms with Crippen molar-refractivity contribution in [2.75, 3.05) is 22.3 Å². The lowest BCUT2D eigenvalue weighted by Crippen LogP contribution is -2.17. The summed E-state index contributed by atoms with van der Waals surface area (Å²) in [5.74, 6) is 1.48. The summed E-state index contributed by atoms with van der Waals surface area (Å²) in [5.41, 5.74) is 0. The van der Waals surface area contributed by atoms with Crippen molar-refractivity contribution in [2.24, 2.45) is 5.92 Å². The van der Waals surface area contributed by atoms with Crippen LogP contribution < -0.4 is 10.0 Å². The largest absolute Gasteiger partial charge is 0.368 e. The van der Waals surface area contributed by atoms with Crippen LogP contribution in [0.3, 0.4) is 0 Å².